The van der Waals surface area contributed by atoms with Crippen molar-refractivity contribution >= 4 is 88.8 Å². The summed E-state index contributed by atoms with van der Waals surface area (Å²) in [5.41, 5.74) is -1.51. The Labute approximate surface area is 297 Å². The van der Waals surface area contributed by atoms with Gasteiger partial charge < -0.3 is 15.5 Å². The van der Waals surface area contributed by atoms with Gasteiger partial charge in [0.1, 0.15) is 11.6 Å². The number of hydrogen-bond donors (Lipinski definition) is 3. The van der Waals surface area contributed by atoms with Gasteiger partial charge in [-0.15, -0.1) is 0 Å². The second-order valence-corrected chi connectivity index (χ2v) is 12.3. The van der Waals surface area contributed by atoms with Crippen LogP contribution in [0.1, 0.15) is 108 Å². The van der Waals surface area contributed by atoms with E-state index in [4.69, 9.17) is 5.11 Å². The monoisotopic (exact) mass is 637 g/mol. The summed E-state index contributed by atoms with van der Waals surface area (Å²) in [6.45, 7) is 11.3. The first kappa shape index (κ1) is 43.8. The third-order valence-corrected chi connectivity index (χ3v) is 7.83. The van der Waals surface area contributed by atoms with Crippen LogP contribution in [0.5, 0.6) is 0 Å². The number of nitrogens with zero attached hydrogens (tertiary/aromatic N) is 2. The predicted octanol–water partition coefficient (Wildman–Crippen LogP) is 6.88. The SMILES string of the molecule is C/C(=C\CSC[C@H](Nc1ncc(C(=O)O)c(C(F)(F)F)n1)C(=O)O)CCCC(C)CCCC(C)CCCC(C)C.[NaH].[NaH]. The van der Waals surface area contributed by atoms with Crippen LogP contribution in [0.4, 0.5) is 19.1 Å². The first-order valence-electron chi connectivity index (χ1n) is 14.1. The molecular formula is C29H48F3N3Na2O4S. The van der Waals surface area contributed by atoms with Crippen LogP contribution < -0.4 is 5.32 Å². The Morgan fingerprint density at radius 2 is 1.52 bits per heavy atom. The summed E-state index contributed by atoms with van der Waals surface area (Å²) in [5.74, 6) is -0.779. The van der Waals surface area contributed by atoms with Crippen LogP contribution in [0.3, 0.4) is 0 Å². The topological polar surface area (TPSA) is 112 Å². The van der Waals surface area contributed by atoms with Gasteiger partial charge >= 0.3 is 77.2 Å². The zero-order valence-electron chi connectivity index (χ0n) is 24.4. The fourth-order valence-corrected chi connectivity index (χ4v) is 5.35. The zero-order valence-corrected chi connectivity index (χ0v) is 25.2. The van der Waals surface area contributed by atoms with E-state index in [1.165, 1.54) is 62.3 Å². The molecule has 3 N–H and O–H groups in total. The van der Waals surface area contributed by atoms with E-state index in [-0.39, 0.29) is 64.9 Å². The van der Waals surface area contributed by atoms with Crippen molar-refractivity contribution in [1.82, 2.24) is 9.97 Å². The molecule has 1 heterocycles. The summed E-state index contributed by atoms with van der Waals surface area (Å²) in [5, 5.41) is 20.8. The molecule has 2 unspecified atom stereocenters. The number of carbonyl (C=O) groups is 2. The van der Waals surface area contributed by atoms with Crippen LogP contribution in [0.15, 0.2) is 17.8 Å². The Morgan fingerprint density at radius 1 is 0.976 bits per heavy atom. The van der Waals surface area contributed by atoms with Gasteiger partial charge in [0.2, 0.25) is 5.95 Å². The quantitative estimate of drug-likeness (QED) is 0.0806. The number of nitrogens with one attached hydrogen (secondary N) is 1. The average Bonchev–Trinajstić information content (AvgIpc) is 2.84. The number of hydrogen-bond acceptors (Lipinski definition) is 6. The molecule has 0 radical (unpaired) electrons. The van der Waals surface area contributed by atoms with E-state index in [9.17, 15) is 27.9 Å². The van der Waals surface area contributed by atoms with Gasteiger partial charge in [-0.3, -0.25) is 0 Å². The molecule has 0 saturated carbocycles. The van der Waals surface area contributed by atoms with Crippen molar-refractivity contribution in [2.75, 3.05) is 16.8 Å². The van der Waals surface area contributed by atoms with Crippen molar-refractivity contribution in [3.63, 3.8) is 0 Å². The Hall–Kier alpha value is -0.300. The van der Waals surface area contributed by atoms with Crippen LogP contribution in [-0.4, -0.2) is 109 Å². The summed E-state index contributed by atoms with van der Waals surface area (Å²) in [6.07, 6.45) is 8.59. The van der Waals surface area contributed by atoms with Crippen molar-refractivity contribution in [2.45, 2.75) is 105 Å². The molecule has 0 aliphatic rings. The molecule has 232 valence electrons. The van der Waals surface area contributed by atoms with E-state index in [0.717, 1.165) is 24.7 Å². The first-order chi connectivity index (χ1) is 18.7. The van der Waals surface area contributed by atoms with Gasteiger partial charge in [-0.05, 0) is 37.5 Å². The van der Waals surface area contributed by atoms with Gasteiger partial charge in [0, 0.05) is 17.7 Å². The molecule has 0 spiro atoms. The van der Waals surface area contributed by atoms with Crippen molar-refractivity contribution in [2.24, 2.45) is 17.8 Å². The molecule has 7 nitrogen and oxygen atoms in total. The summed E-state index contributed by atoms with van der Waals surface area (Å²) in [7, 11) is 0. The number of aliphatic carboxylic acids is 1. The molecule has 0 aliphatic heterocycles. The van der Waals surface area contributed by atoms with Gasteiger partial charge in [0.05, 0.1) is 0 Å². The van der Waals surface area contributed by atoms with Gasteiger partial charge in [0.25, 0.3) is 0 Å². The Morgan fingerprint density at radius 3 is 2.02 bits per heavy atom. The maximum atomic E-state index is 13.2. The summed E-state index contributed by atoms with van der Waals surface area (Å²) >= 11 is 1.32. The van der Waals surface area contributed by atoms with Crippen LogP contribution in [-0.2, 0) is 11.0 Å². The number of anilines is 1. The van der Waals surface area contributed by atoms with Crippen LogP contribution in [0.25, 0.3) is 0 Å². The molecule has 0 aromatic carbocycles. The van der Waals surface area contributed by atoms with Crippen molar-refractivity contribution in [3.8, 4) is 0 Å². The number of allylic oxidation sites excluding steroid dienone is 1. The fourth-order valence-electron chi connectivity index (χ4n) is 4.35. The summed E-state index contributed by atoms with van der Waals surface area (Å²) in [4.78, 5) is 29.4. The second kappa shape index (κ2) is 23.1. The second-order valence-electron chi connectivity index (χ2n) is 11.2. The van der Waals surface area contributed by atoms with E-state index >= 15 is 0 Å². The molecule has 13 heteroatoms. The number of aromatic carboxylic acids is 1. The number of halogens is 3. The summed E-state index contributed by atoms with van der Waals surface area (Å²) < 4.78 is 39.5. The molecule has 0 saturated heterocycles. The maximum absolute atomic E-state index is 13.2. The molecule has 1 aromatic rings. The molecule has 0 fully saturated rings. The molecule has 0 bridgehead atoms. The van der Waals surface area contributed by atoms with E-state index in [1.54, 1.807) is 0 Å². The Balaban J connectivity index is 0. The van der Waals surface area contributed by atoms with Crippen molar-refractivity contribution in [1.29, 1.82) is 0 Å². The standard InChI is InChI=1S/C29H46F3N3O4S.2Na.2H/c1-19(2)9-6-10-20(3)11-7-12-21(4)13-8-14-22(5)15-16-40-18-24(27(38)39)34-28-33-17-23(26(36)37)25(35-28)29(30,31)32;;;;/h15,17,19-21,24H,6-14,16,18H2,1-5H3,(H,36,37)(H,38,39)(H,33,34,35);;;;/b22-15+;;;;/t20?,21?,24-;;;;/m0..../s1. The van der Waals surface area contributed by atoms with Gasteiger partial charge in [-0.1, -0.05) is 84.3 Å². The Kier molecular flexibility index (Phi) is 24.1. The number of aromatic nitrogens is 2. The molecule has 0 aliphatic carbocycles. The minimum absolute atomic E-state index is 0. The van der Waals surface area contributed by atoms with Crippen LogP contribution in [0, 0.1) is 17.8 Å². The van der Waals surface area contributed by atoms with Crippen LogP contribution in [0.2, 0.25) is 0 Å². The van der Waals surface area contributed by atoms with Crippen LogP contribution >= 0.6 is 11.8 Å². The first-order valence-corrected chi connectivity index (χ1v) is 15.3. The number of alkyl halides is 3. The van der Waals surface area contributed by atoms with E-state index in [2.05, 4.69) is 43.0 Å². The average molecular weight is 638 g/mol. The normalized spacial score (nSPS) is 14.0. The van der Waals surface area contributed by atoms with Gasteiger partial charge in [-0.25, -0.2) is 19.6 Å². The van der Waals surface area contributed by atoms with E-state index < -0.39 is 41.4 Å². The van der Waals surface area contributed by atoms with E-state index in [1.807, 2.05) is 13.0 Å². The Bertz CT molecular complexity index is 969. The van der Waals surface area contributed by atoms with Gasteiger partial charge in [0.15, 0.2) is 5.69 Å². The number of thioether (sulfide) groups is 1. The number of carboxylic acid groups (broad SMARTS) is 2. The molecule has 0 amide bonds. The molecular weight excluding hydrogens is 589 g/mol. The van der Waals surface area contributed by atoms with Crippen molar-refractivity contribution < 1.29 is 33.0 Å². The third-order valence-electron chi connectivity index (χ3n) is 6.86. The molecule has 42 heavy (non-hydrogen) atoms. The third kappa shape index (κ3) is 19.2. The van der Waals surface area contributed by atoms with Gasteiger partial charge in [-0.2, -0.15) is 24.9 Å². The van der Waals surface area contributed by atoms with Crippen molar-refractivity contribution in [3.05, 3.63) is 29.1 Å². The molecule has 3 atom stereocenters. The fraction of sp³-hybridized carbons (Fsp3) is 0.724. The predicted molar refractivity (Wildman–Crippen MR) is 169 cm³/mol. The minimum atomic E-state index is -5.02. The van der Waals surface area contributed by atoms with E-state index in [0.29, 0.717) is 17.9 Å². The number of rotatable bonds is 20. The molecule has 1 aromatic heterocycles. The zero-order chi connectivity index (χ0) is 30.3. The summed E-state index contributed by atoms with van der Waals surface area (Å²) in [6, 6.07) is -1.24. The number of carboxylic acids is 2. The molecule has 1 rings (SSSR count).